The van der Waals surface area contributed by atoms with Crippen LogP contribution in [0.25, 0.3) is 6.08 Å². The molecule has 17 heavy (non-hydrogen) atoms. The summed E-state index contributed by atoms with van der Waals surface area (Å²) in [5.74, 6) is 0.561. The lowest BCUT2D eigenvalue weighted by molar-refractivity contribution is 0.818. The van der Waals surface area contributed by atoms with Gasteiger partial charge in [-0.2, -0.15) is 0 Å². The molecule has 1 heterocycles. The van der Waals surface area contributed by atoms with E-state index < -0.39 is 0 Å². The van der Waals surface area contributed by atoms with E-state index in [1.807, 2.05) is 11.8 Å². The van der Waals surface area contributed by atoms with E-state index in [0.29, 0.717) is 11.2 Å². The second-order valence-electron chi connectivity index (χ2n) is 4.59. The average molecular weight is 236 g/mol. The summed E-state index contributed by atoms with van der Waals surface area (Å²) in [4.78, 5) is 1.45. The van der Waals surface area contributed by atoms with E-state index in [1.165, 1.54) is 21.6 Å². The first-order chi connectivity index (χ1) is 8.43. The van der Waals surface area contributed by atoms with Crippen LogP contribution < -0.4 is 0 Å². The fourth-order valence-electron chi connectivity index (χ4n) is 2.83. The highest BCUT2D eigenvalue weighted by Gasteiger charge is 2.35. The van der Waals surface area contributed by atoms with Gasteiger partial charge in [-0.1, -0.05) is 54.6 Å². The highest BCUT2D eigenvalue weighted by Crippen LogP contribution is 2.57. The van der Waals surface area contributed by atoms with Crippen molar-refractivity contribution in [1.29, 1.82) is 0 Å². The van der Waals surface area contributed by atoms with Crippen LogP contribution in [0.3, 0.4) is 0 Å². The Kier molecular flexibility index (Phi) is 1.97. The highest BCUT2D eigenvalue weighted by molar-refractivity contribution is 8.00. The monoisotopic (exact) mass is 236 g/mol. The summed E-state index contributed by atoms with van der Waals surface area (Å²) in [6.07, 6.45) is 4.64. The Labute approximate surface area is 105 Å². The normalized spacial score (nSPS) is 24.0. The minimum atomic E-state index is 0.561. The first-order valence-electron chi connectivity index (χ1n) is 5.96. The van der Waals surface area contributed by atoms with Gasteiger partial charge < -0.3 is 0 Å². The molecule has 1 aliphatic carbocycles. The molecule has 2 aliphatic rings. The maximum Gasteiger partial charge on any atom is 0.0454 e. The van der Waals surface area contributed by atoms with E-state index in [2.05, 4.69) is 60.7 Å². The van der Waals surface area contributed by atoms with Crippen molar-refractivity contribution in [2.45, 2.75) is 16.1 Å². The summed E-state index contributed by atoms with van der Waals surface area (Å²) in [7, 11) is 0. The molecule has 1 heteroatoms. The van der Waals surface area contributed by atoms with Crippen LogP contribution in [-0.2, 0) is 0 Å². The molecular formula is C16H12S. The largest absolute Gasteiger partial charge is 0.117 e. The van der Waals surface area contributed by atoms with Gasteiger partial charge in [0.15, 0.2) is 0 Å². The second kappa shape index (κ2) is 3.51. The number of benzene rings is 2. The Morgan fingerprint density at radius 1 is 0.824 bits per heavy atom. The average Bonchev–Trinajstić information content (AvgIpc) is 2.78. The molecule has 2 unspecified atom stereocenters. The number of thioether (sulfide) groups is 1. The summed E-state index contributed by atoms with van der Waals surface area (Å²) in [5.41, 5.74) is 4.36. The van der Waals surface area contributed by atoms with Crippen LogP contribution in [-0.4, -0.2) is 0 Å². The number of fused-ring (bicyclic) bond motifs is 5. The Bertz CT molecular complexity index is 612. The maximum atomic E-state index is 2.37. The van der Waals surface area contributed by atoms with Crippen LogP contribution in [0.4, 0.5) is 0 Å². The molecule has 0 nitrogen and oxygen atoms in total. The number of hydrogen-bond donors (Lipinski definition) is 0. The van der Waals surface area contributed by atoms with Gasteiger partial charge in [0, 0.05) is 16.1 Å². The van der Waals surface area contributed by atoms with Crippen LogP contribution in [0.2, 0.25) is 0 Å². The fraction of sp³-hybridized carbons (Fsp3) is 0.125. The third-order valence-electron chi connectivity index (χ3n) is 3.64. The topological polar surface area (TPSA) is 0 Å². The van der Waals surface area contributed by atoms with Gasteiger partial charge in [-0.05, 0) is 22.8 Å². The summed E-state index contributed by atoms with van der Waals surface area (Å²) < 4.78 is 0. The van der Waals surface area contributed by atoms with Crippen LogP contribution in [0.15, 0.2) is 59.5 Å². The second-order valence-corrected chi connectivity index (χ2v) is 5.77. The Hall–Kier alpha value is -1.47. The van der Waals surface area contributed by atoms with Crippen LogP contribution >= 0.6 is 11.8 Å². The predicted molar refractivity (Wildman–Crippen MR) is 73.3 cm³/mol. The van der Waals surface area contributed by atoms with Gasteiger partial charge in [0.25, 0.3) is 0 Å². The SMILES string of the molecule is C1=CC2c3ccccc3SC2c2ccccc21. The highest BCUT2D eigenvalue weighted by atomic mass is 32.2. The van der Waals surface area contributed by atoms with Crippen LogP contribution in [0.5, 0.6) is 0 Å². The number of hydrogen-bond acceptors (Lipinski definition) is 1. The molecule has 0 saturated heterocycles. The van der Waals surface area contributed by atoms with Crippen molar-refractivity contribution in [3.8, 4) is 0 Å². The van der Waals surface area contributed by atoms with Crippen molar-refractivity contribution in [2.24, 2.45) is 0 Å². The van der Waals surface area contributed by atoms with E-state index >= 15 is 0 Å². The molecule has 1 aliphatic heterocycles. The molecule has 0 fully saturated rings. The summed E-state index contributed by atoms with van der Waals surface area (Å²) in [6, 6.07) is 17.6. The smallest absolute Gasteiger partial charge is 0.0454 e. The molecule has 0 spiro atoms. The molecule has 4 rings (SSSR count). The fourth-order valence-corrected chi connectivity index (χ4v) is 4.32. The van der Waals surface area contributed by atoms with Crippen molar-refractivity contribution in [3.63, 3.8) is 0 Å². The van der Waals surface area contributed by atoms with E-state index in [1.54, 1.807) is 0 Å². The van der Waals surface area contributed by atoms with E-state index in [0.717, 1.165) is 0 Å². The maximum absolute atomic E-state index is 2.37. The molecule has 0 amide bonds. The molecule has 2 aromatic carbocycles. The Morgan fingerprint density at radius 3 is 2.53 bits per heavy atom. The molecule has 0 aromatic heterocycles. The van der Waals surface area contributed by atoms with Crippen molar-refractivity contribution < 1.29 is 0 Å². The van der Waals surface area contributed by atoms with Crippen molar-refractivity contribution in [2.75, 3.05) is 0 Å². The first kappa shape index (κ1) is 9.55. The summed E-state index contributed by atoms with van der Waals surface area (Å²) in [5, 5.41) is 0.577. The molecule has 2 atom stereocenters. The summed E-state index contributed by atoms with van der Waals surface area (Å²) in [6.45, 7) is 0. The zero-order valence-electron chi connectivity index (χ0n) is 9.34. The lowest BCUT2D eigenvalue weighted by Gasteiger charge is -2.23. The first-order valence-corrected chi connectivity index (χ1v) is 6.84. The predicted octanol–water partition coefficient (Wildman–Crippen LogP) is 4.64. The van der Waals surface area contributed by atoms with Gasteiger partial charge >= 0.3 is 0 Å². The van der Waals surface area contributed by atoms with Crippen molar-refractivity contribution in [1.82, 2.24) is 0 Å². The minimum Gasteiger partial charge on any atom is -0.117 e. The Morgan fingerprint density at radius 2 is 1.59 bits per heavy atom. The number of rotatable bonds is 0. The lowest BCUT2D eigenvalue weighted by atomic mass is 9.85. The zero-order chi connectivity index (χ0) is 11.2. The summed E-state index contributed by atoms with van der Waals surface area (Å²) >= 11 is 2.01. The van der Waals surface area contributed by atoms with Crippen molar-refractivity contribution >= 4 is 17.8 Å². The molecule has 0 saturated carbocycles. The lowest BCUT2D eigenvalue weighted by Crippen LogP contribution is -2.06. The van der Waals surface area contributed by atoms with Crippen LogP contribution in [0.1, 0.15) is 27.9 Å². The number of allylic oxidation sites excluding steroid dienone is 1. The Balaban J connectivity index is 1.90. The van der Waals surface area contributed by atoms with Gasteiger partial charge in [0.2, 0.25) is 0 Å². The van der Waals surface area contributed by atoms with Gasteiger partial charge in [0.05, 0.1) is 0 Å². The molecule has 0 radical (unpaired) electrons. The van der Waals surface area contributed by atoms with E-state index in [4.69, 9.17) is 0 Å². The molecule has 2 aromatic rings. The van der Waals surface area contributed by atoms with Crippen LogP contribution in [0, 0.1) is 0 Å². The minimum absolute atomic E-state index is 0.561. The van der Waals surface area contributed by atoms with Gasteiger partial charge in [-0.15, -0.1) is 11.8 Å². The van der Waals surface area contributed by atoms with E-state index in [9.17, 15) is 0 Å². The van der Waals surface area contributed by atoms with E-state index in [-0.39, 0.29) is 0 Å². The zero-order valence-corrected chi connectivity index (χ0v) is 10.2. The standard InChI is InChI=1S/C16H12S/c1-2-6-12-11(5-1)9-10-14-13-7-3-4-8-15(13)17-16(12)14/h1-10,14,16H. The van der Waals surface area contributed by atoms with Gasteiger partial charge in [-0.25, -0.2) is 0 Å². The third-order valence-corrected chi connectivity index (χ3v) is 5.07. The quantitative estimate of drug-likeness (QED) is 0.642. The third kappa shape index (κ3) is 1.32. The van der Waals surface area contributed by atoms with Gasteiger partial charge in [0.1, 0.15) is 0 Å². The molecule has 0 N–H and O–H groups in total. The van der Waals surface area contributed by atoms with Crippen molar-refractivity contribution in [3.05, 3.63) is 71.3 Å². The molecular weight excluding hydrogens is 224 g/mol. The molecule has 82 valence electrons. The van der Waals surface area contributed by atoms with Gasteiger partial charge in [-0.3, -0.25) is 0 Å². The molecule has 0 bridgehead atoms.